The van der Waals surface area contributed by atoms with Gasteiger partial charge >= 0.3 is 5.69 Å². The lowest BCUT2D eigenvalue weighted by molar-refractivity contribution is -0.119. The van der Waals surface area contributed by atoms with Crippen molar-refractivity contribution >= 4 is 17.2 Å². The monoisotopic (exact) mass is 311 g/mol. The largest absolute Gasteiger partial charge is 0.489 e. The van der Waals surface area contributed by atoms with Crippen LogP contribution in [0.1, 0.15) is 0 Å². The van der Waals surface area contributed by atoms with Crippen LogP contribution in [-0.2, 0) is 11.3 Å². The van der Waals surface area contributed by atoms with Gasteiger partial charge in [0.05, 0.1) is 12.7 Å². The van der Waals surface area contributed by atoms with Crippen molar-refractivity contribution in [2.75, 3.05) is 18.1 Å². The molecule has 1 aliphatic heterocycles. The van der Waals surface area contributed by atoms with Gasteiger partial charge < -0.3 is 9.64 Å². The summed E-state index contributed by atoms with van der Waals surface area (Å²) in [6, 6.07) is 6.96. The molecule has 8 heteroatoms. The first kappa shape index (κ1) is 13.5. The molecule has 0 aromatic carbocycles. The number of carbonyl (C=O) groups excluding carboxylic acids is 1. The van der Waals surface area contributed by atoms with E-state index in [2.05, 4.69) is 10.1 Å². The summed E-state index contributed by atoms with van der Waals surface area (Å²) in [6.45, 7) is 0.692. The molecule has 23 heavy (non-hydrogen) atoms. The Labute approximate surface area is 130 Å². The van der Waals surface area contributed by atoms with E-state index in [0.29, 0.717) is 30.2 Å². The van der Waals surface area contributed by atoms with Crippen LogP contribution in [0.25, 0.3) is 5.65 Å². The summed E-state index contributed by atoms with van der Waals surface area (Å²) in [5.74, 6) is 0.384. The van der Waals surface area contributed by atoms with E-state index >= 15 is 0 Å². The van der Waals surface area contributed by atoms with Crippen LogP contribution in [0, 0.1) is 0 Å². The lowest BCUT2D eigenvalue weighted by Gasteiger charge is -2.28. The summed E-state index contributed by atoms with van der Waals surface area (Å²) in [6.07, 6.45) is 4.82. The highest BCUT2D eigenvalue weighted by Gasteiger charge is 2.24. The first-order valence-electron chi connectivity index (χ1n) is 7.15. The number of hydrogen-bond donors (Lipinski definition) is 0. The maximum Gasteiger partial charge on any atom is 0.350 e. The molecule has 0 saturated heterocycles. The van der Waals surface area contributed by atoms with E-state index in [0.717, 1.165) is 0 Å². The van der Waals surface area contributed by atoms with E-state index in [1.165, 1.54) is 9.08 Å². The Morgan fingerprint density at radius 1 is 1.30 bits per heavy atom. The number of hydrogen-bond acceptors (Lipinski definition) is 5. The molecule has 0 unspecified atom stereocenters. The maximum atomic E-state index is 12.6. The molecule has 4 heterocycles. The quantitative estimate of drug-likeness (QED) is 0.680. The number of pyridine rings is 2. The van der Waals surface area contributed by atoms with E-state index in [4.69, 9.17) is 4.74 Å². The Morgan fingerprint density at radius 3 is 3.09 bits per heavy atom. The van der Waals surface area contributed by atoms with Crippen molar-refractivity contribution in [2.45, 2.75) is 6.54 Å². The third-order valence-electron chi connectivity index (χ3n) is 3.70. The molecule has 3 aromatic rings. The molecule has 0 spiro atoms. The van der Waals surface area contributed by atoms with Crippen LogP contribution in [0.4, 0.5) is 5.69 Å². The van der Waals surface area contributed by atoms with Gasteiger partial charge in [-0.05, 0) is 12.1 Å². The summed E-state index contributed by atoms with van der Waals surface area (Å²) in [5.41, 5.74) is 0.781. The maximum absolute atomic E-state index is 12.6. The second-order valence-electron chi connectivity index (χ2n) is 5.11. The van der Waals surface area contributed by atoms with Crippen LogP contribution in [0.2, 0.25) is 0 Å². The Bertz CT molecular complexity index is 945. The molecule has 3 aromatic heterocycles. The summed E-state index contributed by atoms with van der Waals surface area (Å²) in [5, 5.41) is 4.18. The number of carbonyl (C=O) groups is 1. The number of anilines is 1. The fraction of sp³-hybridized carbons (Fsp3) is 0.200. The van der Waals surface area contributed by atoms with E-state index in [1.807, 2.05) is 0 Å². The van der Waals surface area contributed by atoms with Gasteiger partial charge in [0.2, 0.25) is 5.91 Å². The van der Waals surface area contributed by atoms with E-state index in [9.17, 15) is 9.59 Å². The number of ether oxygens (including phenoxy) is 1. The number of nitrogens with zero attached hydrogens (tertiary/aromatic N) is 5. The molecular weight excluding hydrogens is 298 g/mol. The van der Waals surface area contributed by atoms with E-state index in [-0.39, 0.29) is 18.1 Å². The van der Waals surface area contributed by atoms with Crippen molar-refractivity contribution in [2.24, 2.45) is 0 Å². The highest BCUT2D eigenvalue weighted by Crippen LogP contribution is 2.29. The number of rotatable bonds is 2. The van der Waals surface area contributed by atoms with Crippen LogP contribution in [0.15, 0.2) is 47.7 Å². The minimum absolute atomic E-state index is 0.130. The Hall–Kier alpha value is -3.16. The molecular formula is C15H13N5O3. The van der Waals surface area contributed by atoms with Gasteiger partial charge in [-0.3, -0.25) is 14.2 Å². The number of fused-ring (bicyclic) bond motifs is 2. The minimum atomic E-state index is -0.339. The first-order chi connectivity index (χ1) is 11.2. The van der Waals surface area contributed by atoms with Gasteiger partial charge in [0.25, 0.3) is 0 Å². The summed E-state index contributed by atoms with van der Waals surface area (Å²) >= 11 is 0. The molecule has 0 N–H and O–H groups in total. The lowest BCUT2D eigenvalue weighted by Crippen LogP contribution is -2.41. The molecule has 0 atom stereocenters. The second-order valence-corrected chi connectivity index (χ2v) is 5.11. The standard InChI is InChI=1S/C15H13N5O3/c21-14(18-7-8-23-12-4-5-16-9-11(12)18)10-20-15(22)19-6-2-1-3-13(19)17-20/h1-6,9H,7-8,10H2. The molecule has 0 aliphatic carbocycles. The highest BCUT2D eigenvalue weighted by atomic mass is 16.5. The van der Waals surface area contributed by atoms with Crippen LogP contribution in [0.5, 0.6) is 5.75 Å². The lowest BCUT2D eigenvalue weighted by atomic mass is 10.3. The van der Waals surface area contributed by atoms with Crippen molar-refractivity contribution in [3.63, 3.8) is 0 Å². The molecule has 116 valence electrons. The zero-order chi connectivity index (χ0) is 15.8. The fourth-order valence-electron chi connectivity index (χ4n) is 2.61. The summed E-state index contributed by atoms with van der Waals surface area (Å²) in [4.78, 5) is 30.4. The van der Waals surface area contributed by atoms with E-state index in [1.54, 1.807) is 47.8 Å². The van der Waals surface area contributed by atoms with Gasteiger partial charge in [-0.1, -0.05) is 6.07 Å². The van der Waals surface area contributed by atoms with Gasteiger partial charge in [0.15, 0.2) is 5.65 Å². The van der Waals surface area contributed by atoms with Gasteiger partial charge in [-0.2, -0.15) is 0 Å². The smallest absolute Gasteiger partial charge is 0.350 e. The highest BCUT2D eigenvalue weighted by molar-refractivity contribution is 5.94. The minimum Gasteiger partial charge on any atom is -0.489 e. The topological polar surface area (TPSA) is 81.7 Å². The van der Waals surface area contributed by atoms with Crippen molar-refractivity contribution in [3.05, 3.63) is 53.3 Å². The van der Waals surface area contributed by atoms with Crippen LogP contribution >= 0.6 is 0 Å². The summed E-state index contributed by atoms with van der Waals surface area (Å²) in [7, 11) is 0. The Morgan fingerprint density at radius 2 is 2.22 bits per heavy atom. The molecule has 0 bridgehead atoms. The van der Waals surface area contributed by atoms with Crippen molar-refractivity contribution in [1.82, 2.24) is 19.2 Å². The van der Waals surface area contributed by atoms with Crippen LogP contribution in [0.3, 0.4) is 0 Å². The molecule has 1 aliphatic rings. The zero-order valence-corrected chi connectivity index (χ0v) is 12.1. The predicted molar refractivity (Wildman–Crippen MR) is 81.5 cm³/mol. The fourth-order valence-corrected chi connectivity index (χ4v) is 2.61. The van der Waals surface area contributed by atoms with Gasteiger partial charge in [-0.25, -0.2) is 9.48 Å². The van der Waals surface area contributed by atoms with Crippen LogP contribution < -0.4 is 15.3 Å². The Kier molecular flexibility index (Phi) is 3.07. The first-order valence-corrected chi connectivity index (χ1v) is 7.15. The zero-order valence-electron chi connectivity index (χ0n) is 12.1. The second kappa shape index (κ2) is 5.24. The molecule has 4 rings (SSSR count). The van der Waals surface area contributed by atoms with Gasteiger partial charge in [0.1, 0.15) is 24.6 Å². The van der Waals surface area contributed by atoms with Crippen LogP contribution in [-0.4, -0.2) is 38.2 Å². The Balaban J connectivity index is 1.66. The third-order valence-corrected chi connectivity index (χ3v) is 3.70. The van der Waals surface area contributed by atoms with Gasteiger partial charge in [0, 0.05) is 18.5 Å². The van der Waals surface area contributed by atoms with Crippen molar-refractivity contribution < 1.29 is 9.53 Å². The molecule has 0 radical (unpaired) electrons. The number of amides is 1. The molecule has 0 saturated carbocycles. The van der Waals surface area contributed by atoms with Gasteiger partial charge in [-0.15, -0.1) is 5.10 Å². The average molecular weight is 311 g/mol. The molecule has 0 fully saturated rings. The van der Waals surface area contributed by atoms with Crippen molar-refractivity contribution in [3.8, 4) is 5.75 Å². The number of aromatic nitrogens is 4. The SMILES string of the molecule is O=C(Cn1nc2ccccn2c1=O)N1CCOc2ccncc21. The van der Waals surface area contributed by atoms with E-state index < -0.39 is 0 Å². The normalized spacial score (nSPS) is 13.7. The molecule has 8 nitrogen and oxygen atoms in total. The third kappa shape index (κ3) is 2.24. The summed E-state index contributed by atoms with van der Waals surface area (Å²) < 4.78 is 8.08. The average Bonchev–Trinajstić information content (AvgIpc) is 2.90. The molecule has 1 amide bonds. The predicted octanol–water partition coefficient (Wildman–Crippen LogP) is 0.317. The van der Waals surface area contributed by atoms with Crippen molar-refractivity contribution in [1.29, 1.82) is 0 Å².